The third-order valence-electron chi connectivity index (χ3n) is 3.26. The third kappa shape index (κ3) is 3.47. The molecule has 0 aromatic heterocycles. The van der Waals surface area contributed by atoms with E-state index in [-0.39, 0.29) is 5.91 Å². The number of rotatable bonds is 7. The minimum Gasteiger partial charge on any atom is -0.494 e. The Kier molecular flexibility index (Phi) is 3.87. The van der Waals surface area contributed by atoms with Crippen LogP contribution in [0.15, 0.2) is 30.3 Å². The van der Waals surface area contributed by atoms with E-state index in [1.54, 1.807) is 0 Å². The number of para-hydroxylation sites is 1. The summed E-state index contributed by atoms with van der Waals surface area (Å²) in [5.41, 5.74) is 4.80. The average Bonchev–Trinajstić information content (AvgIpc) is 3.14. The smallest absolute Gasteiger partial charge is 0.237 e. The van der Waals surface area contributed by atoms with Gasteiger partial charge in [-0.2, -0.15) is 0 Å². The second-order valence-corrected chi connectivity index (χ2v) is 5.03. The van der Waals surface area contributed by atoms with Crippen LogP contribution in [0.4, 0.5) is 0 Å². The zero-order valence-electron chi connectivity index (χ0n) is 10.7. The molecule has 1 aromatic carbocycles. The van der Waals surface area contributed by atoms with Gasteiger partial charge in [0.2, 0.25) is 5.91 Å². The van der Waals surface area contributed by atoms with E-state index in [0.717, 1.165) is 18.6 Å². The Bertz CT molecular complexity index is 404. The molecule has 1 aliphatic rings. The molecule has 0 spiro atoms. The SMILES string of the molecule is CC(CCOc1ccccc1)(NC1CC1)C(N)=O. The predicted octanol–water partition coefficient (Wildman–Crippen LogP) is 1.45. The van der Waals surface area contributed by atoms with Crippen LogP contribution < -0.4 is 15.8 Å². The number of primary amides is 1. The Morgan fingerprint density at radius 1 is 1.44 bits per heavy atom. The van der Waals surface area contributed by atoms with Crippen molar-refractivity contribution in [3.63, 3.8) is 0 Å². The van der Waals surface area contributed by atoms with Crippen LogP contribution in [-0.4, -0.2) is 24.1 Å². The molecule has 1 atom stereocenters. The van der Waals surface area contributed by atoms with Crippen LogP contribution in [0, 0.1) is 0 Å². The van der Waals surface area contributed by atoms with Gasteiger partial charge in [0, 0.05) is 12.5 Å². The molecule has 1 aliphatic carbocycles. The summed E-state index contributed by atoms with van der Waals surface area (Å²) >= 11 is 0. The molecule has 1 saturated carbocycles. The first-order valence-electron chi connectivity index (χ1n) is 6.36. The molecule has 0 heterocycles. The van der Waals surface area contributed by atoms with E-state index in [9.17, 15) is 4.79 Å². The monoisotopic (exact) mass is 248 g/mol. The highest BCUT2D eigenvalue weighted by atomic mass is 16.5. The van der Waals surface area contributed by atoms with Gasteiger partial charge in [-0.05, 0) is 31.9 Å². The quantitative estimate of drug-likeness (QED) is 0.767. The van der Waals surface area contributed by atoms with Crippen LogP contribution in [0.2, 0.25) is 0 Å². The first-order valence-corrected chi connectivity index (χ1v) is 6.36. The lowest BCUT2D eigenvalue weighted by molar-refractivity contribution is -0.124. The number of amides is 1. The van der Waals surface area contributed by atoms with Crippen molar-refractivity contribution in [2.24, 2.45) is 5.73 Å². The number of hydrogen-bond acceptors (Lipinski definition) is 3. The molecule has 0 radical (unpaired) electrons. The molecule has 1 fully saturated rings. The van der Waals surface area contributed by atoms with Crippen LogP contribution >= 0.6 is 0 Å². The number of carbonyl (C=O) groups excluding carboxylic acids is 1. The van der Waals surface area contributed by atoms with Gasteiger partial charge in [-0.25, -0.2) is 0 Å². The molecular formula is C14H20N2O2. The number of nitrogens with two attached hydrogens (primary N) is 1. The number of ether oxygens (including phenoxy) is 1. The minimum atomic E-state index is -0.671. The van der Waals surface area contributed by atoms with Gasteiger partial charge in [0.1, 0.15) is 5.75 Å². The molecule has 0 bridgehead atoms. The number of carbonyl (C=O) groups is 1. The molecule has 3 N–H and O–H groups in total. The fourth-order valence-corrected chi connectivity index (χ4v) is 1.83. The van der Waals surface area contributed by atoms with Crippen LogP contribution in [0.5, 0.6) is 5.75 Å². The summed E-state index contributed by atoms with van der Waals surface area (Å²) in [7, 11) is 0. The largest absolute Gasteiger partial charge is 0.494 e. The summed E-state index contributed by atoms with van der Waals surface area (Å²) in [6, 6.07) is 10.0. The second kappa shape index (κ2) is 5.40. The summed E-state index contributed by atoms with van der Waals surface area (Å²) in [6.45, 7) is 2.32. The number of nitrogens with one attached hydrogen (secondary N) is 1. The van der Waals surface area contributed by atoms with Crippen molar-refractivity contribution in [2.75, 3.05) is 6.61 Å². The molecule has 4 nitrogen and oxygen atoms in total. The topological polar surface area (TPSA) is 64.3 Å². The van der Waals surface area contributed by atoms with Gasteiger partial charge < -0.3 is 15.8 Å². The van der Waals surface area contributed by atoms with Crippen molar-refractivity contribution in [1.82, 2.24) is 5.32 Å². The fourth-order valence-electron chi connectivity index (χ4n) is 1.83. The van der Waals surface area contributed by atoms with Gasteiger partial charge in [-0.3, -0.25) is 4.79 Å². The van der Waals surface area contributed by atoms with Crippen LogP contribution in [0.25, 0.3) is 0 Å². The standard InChI is InChI=1S/C14H20N2O2/c1-14(13(15)17,16-11-7-8-11)9-10-18-12-5-3-2-4-6-12/h2-6,11,16H,7-10H2,1H3,(H2,15,17). The van der Waals surface area contributed by atoms with Crippen molar-refractivity contribution >= 4 is 5.91 Å². The maximum Gasteiger partial charge on any atom is 0.237 e. The molecule has 1 amide bonds. The summed E-state index contributed by atoms with van der Waals surface area (Å²) in [5, 5.41) is 3.30. The minimum absolute atomic E-state index is 0.314. The maximum absolute atomic E-state index is 11.5. The predicted molar refractivity (Wildman–Crippen MR) is 70.3 cm³/mol. The molecule has 1 unspecified atom stereocenters. The van der Waals surface area contributed by atoms with E-state index >= 15 is 0 Å². The average molecular weight is 248 g/mol. The highest BCUT2D eigenvalue weighted by molar-refractivity contribution is 5.84. The van der Waals surface area contributed by atoms with Gasteiger partial charge in [-0.15, -0.1) is 0 Å². The highest BCUT2D eigenvalue weighted by Gasteiger charge is 2.36. The van der Waals surface area contributed by atoms with Crippen LogP contribution in [-0.2, 0) is 4.79 Å². The van der Waals surface area contributed by atoms with E-state index in [1.165, 1.54) is 0 Å². The Balaban J connectivity index is 1.84. The third-order valence-corrected chi connectivity index (χ3v) is 3.26. The molecule has 98 valence electrons. The summed E-state index contributed by atoms with van der Waals surface area (Å²) in [4.78, 5) is 11.5. The molecule has 1 aromatic rings. The molecular weight excluding hydrogens is 228 g/mol. The van der Waals surface area contributed by atoms with Crippen molar-refractivity contribution in [2.45, 2.75) is 37.8 Å². The lowest BCUT2D eigenvalue weighted by Gasteiger charge is -2.27. The van der Waals surface area contributed by atoms with Crippen molar-refractivity contribution in [1.29, 1.82) is 0 Å². The van der Waals surface area contributed by atoms with Gasteiger partial charge in [0.25, 0.3) is 0 Å². The lowest BCUT2D eigenvalue weighted by atomic mass is 9.97. The van der Waals surface area contributed by atoms with E-state index in [1.807, 2.05) is 37.3 Å². The number of hydrogen-bond donors (Lipinski definition) is 2. The Morgan fingerprint density at radius 3 is 2.67 bits per heavy atom. The van der Waals surface area contributed by atoms with E-state index in [4.69, 9.17) is 10.5 Å². The molecule has 0 aliphatic heterocycles. The second-order valence-electron chi connectivity index (χ2n) is 5.03. The summed E-state index contributed by atoms with van der Waals surface area (Å²) in [6.07, 6.45) is 2.83. The zero-order valence-corrected chi connectivity index (χ0v) is 10.7. The Morgan fingerprint density at radius 2 is 2.11 bits per heavy atom. The molecule has 0 saturated heterocycles. The first-order chi connectivity index (χ1) is 8.60. The molecule has 18 heavy (non-hydrogen) atoms. The van der Waals surface area contributed by atoms with Crippen molar-refractivity contribution in [3.8, 4) is 5.75 Å². The van der Waals surface area contributed by atoms with Gasteiger partial charge >= 0.3 is 0 Å². The highest BCUT2D eigenvalue weighted by Crippen LogP contribution is 2.24. The van der Waals surface area contributed by atoms with Crippen molar-refractivity contribution < 1.29 is 9.53 Å². The van der Waals surface area contributed by atoms with Gasteiger partial charge in [0.15, 0.2) is 0 Å². The van der Waals surface area contributed by atoms with E-state index < -0.39 is 5.54 Å². The van der Waals surface area contributed by atoms with Gasteiger partial charge in [0.05, 0.1) is 12.1 Å². The van der Waals surface area contributed by atoms with Gasteiger partial charge in [-0.1, -0.05) is 18.2 Å². The first kappa shape index (κ1) is 12.9. The van der Waals surface area contributed by atoms with Crippen molar-refractivity contribution in [3.05, 3.63) is 30.3 Å². The Labute approximate surface area is 108 Å². The molecule has 4 heteroatoms. The zero-order chi connectivity index (χ0) is 13.0. The Hall–Kier alpha value is -1.55. The van der Waals surface area contributed by atoms with E-state index in [2.05, 4.69) is 5.32 Å². The molecule has 2 rings (SSSR count). The lowest BCUT2D eigenvalue weighted by Crippen LogP contribution is -2.54. The van der Waals surface area contributed by atoms with Crippen LogP contribution in [0.3, 0.4) is 0 Å². The fraction of sp³-hybridized carbons (Fsp3) is 0.500. The van der Waals surface area contributed by atoms with Crippen LogP contribution in [0.1, 0.15) is 26.2 Å². The maximum atomic E-state index is 11.5. The number of benzene rings is 1. The normalized spacial score (nSPS) is 18.1. The summed E-state index contributed by atoms with van der Waals surface area (Å²) in [5.74, 6) is 0.502. The summed E-state index contributed by atoms with van der Waals surface area (Å²) < 4.78 is 5.61. The van der Waals surface area contributed by atoms with E-state index in [0.29, 0.717) is 19.1 Å².